The summed E-state index contributed by atoms with van der Waals surface area (Å²) >= 11 is 1.43. The van der Waals surface area contributed by atoms with Crippen molar-refractivity contribution in [2.75, 3.05) is 0 Å². The molecule has 0 amide bonds. The van der Waals surface area contributed by atoms with Gasteiger partial charge in [0.2, 0.25) is 10.0 Å². The predicted octanol–water partition coefficient (Wildman–Crippen LogP) is 0.653. The maximum Gasteiger partial charge on any atom is 0.244 e. The summed E-state index contributed by atoms with van der Waals surface area (Å²) in [6.07, 6.45) is 2.60. The molecule has 0 saturated carbocycles. The van der Waals surface area contributed by atoms with Crippen LogP contribution in [0.5, 0.6) is 0 Å². The molecule has 0 aliphatic heterocycles. The van der Waals surface area contributed by atoms with Gasteiger partial charge in [-0.25, -0.2) is 18.1 Å². The van der Waals surface area contributed by atoms with Crippen LogP contribution in [0.15, 0.2) is 22.8 Å². The van der Waals surface area contributed by atoms with Gasteiger partial charge in [0, 0.05) is 17.6 Å². The molecule has 0 aliphatic rings. The molecule has 16 heavy (non-hydrogen) atoms. The Hall–Kier alpha value is -1.25. The van der Waals surface area contributed by atoms with Gasteiger partial charge in [-0.15, -0.1) is 11.3 Å². The normalized spacial score (nSPS) is 11.8. The minimum absolute atomic E-state index is 0.134. The number of thiazole rings is 1. The number of H-pyrrole nitrogens is 1. The second-order valence-corrected chi connectivity index (χ2v) is 5.83. The SMILES string of the molecule is Cc1ncsc1CNS(=O)(=O)c1cn[nH]c1. The van der Waals surface area contributed by atoms with Gasteiger partial charge in [0.1, 0.15) is 4.90 Å². The van der Waals surface area contributed by atoms with E-state index >= 15 is 0 Å². The van der Waals surface area contributed by atoms with Crippen molar-refractivity contribution in [2.24, 2.45) is 0 Å². The van der Waals surface area contributed by atoms with Gasteiger partial charge in [-0.05, 0) is 6.92 Å². The number of aryl methyl sites for hydroxylation is 1. The molecule has 0 unspecified atom stereocenters. The molecule has 0 atom stereocenters. The number of nitrogens with zero attached hydrogens (tertiary/aromatic N) is 2. The van der Waals surface area contributed by atoms with Crippen molar-refractivity contribution in [3.63, 3.8) is 0 Å². The van der Waals surface area contributed by atoms with Crippen molar-refractivity contribution in [3.8, 4) is 0 Å². The summed E-state index contributed by atoms with van der Waals surface area (Å²) in [7, 11) is -3.47. The average molecular weight is 258 g/mol. The molecule has 8 heteroatoms. The van der Waals surface area contributed by atoms with Crippen molar-refractivity contribution in [3.05, 3.63) is 28.5 Å². The topological polar surface area (TPSA) is 87.7 Å². The van der Waals surface area contributed by atoms with Crippen LogP contribution in [0.3, 0.4) is 0 Å². The fraction of sp³-hybridized carbons (Fsp3) is 0.250. The summed E-state index contributed by atoms with van der Waals surface area (Å²) in [6, 6.07) is 0. The van der Waals surface area contributed by atoms with E-state index in [4.69, 9.17) is 0 Å². The molecule has 0 aromatic carbocycles. The van der Waals surface area contributed by atoms with Crippen LogP contribution in [0.4, 0.5) is 0 Å². The van der Waals surface area contributed by atoms with E-state index in [0.29, 0.717) is 0 Å². The second-order valence-electron chi connectivity index (χ2n) is 3.12. The maximum atomic E-state index is 11.7. The highest BCUT2D eigenvalue weighted by molar-refractivity contribution is 7.89. The maximum absolute atomic E-state index is 11.7. The fourth-order valence-electron chi connectivity index (χ4n) is 1.13. The molecule has 2 aromatic rings. The second kappa shape index (κ2) is 4.32. The Labute approximate surface area is 96.8 Å². The van der Waals surface area contributed by atoms with Crippen molar-refractivity contribution >= 4 is 21.4 Å². The van der Waals surface area contributed by atoms with Gasteiger partial charge in [-0.1, -0.05) is 0 Å². The van der Waals surface area contributed by atoms with E-state index in [0.717, 1.165) is 10.6 Å². The van der Waals surface area contributed by atoms with Gasteiger partial charge in [-0.2, -0.15) is 5.10 Å². The van der Waals surface area contributed by atoms with Crippen LogP contribution in [-0.4, -0.2) is 23.6 Å². The van der Waals surface area contributed by atoms with Crippen molar-refractivity contribution in [2.45, 2.75) is 18.4 Å². The highest BCUT2D eigenvalue weighted by Gasteiger charge is 2.15. The lowest BCUT2D eigenvalue weighted by Crippen LogP contribution is -2.22. The summed E-state index contributed by atoms with van der Waals surface area (Å²) in [5.41, 5.74) is 2.54. The van der Waals surface area contributed by atoms with Crippen LogP contribution < -0.4 is 4.72 Å². The predicted molar refractivity (Wildman–Crippen MR) is 59.5 cm³/mol. The van der Waals surface area contributed by atoms with Gasteiger partial charge in [0.05, 0.1) is 17.4 Å². The summed E-state index contributed by atoms with van der Waals surface area (Å²) in [5, 5.41) is 6.06. The summed E-state index contributed by atoms with van der Waals surface area (Å²) in [5.74, 6) is 0. The lowest BCUT2D eigenvalue weighted by molar-refractivity contribution is 0.581. The molecule has 2 N–H and O–H groups in total. The largest absolute Gasteiger partial charge is 0.284 e. The quantitative estimate of drug-likeness (QED) is 0.843. The summed E-state index contributed by atoms with van der Waals surface area (Å²) in [4.78, 5) is 5.09. The molecule has 2 aromatic heterocycles. The average Bonchev–Trinajstić information content (AvgIpc) is 2.85. The zero-order chi connectivity index (χ0) is 11.6. The molecule has 2 heterocycles. The monoisotopic (exact) mass is 258 g/mol. The first kappa shape index (κ1) is 11.2. The summed E-state index contributed by atoms with van der Waals surface area (Å²) in [6.45, 7) is 2.10. The number of sulfonamides is 1. The van der Waals surface area contributed by atoms with Crippen LogP contribution >= 0.6 is 11.3 Å². The molecule has 0 fully saturated rings. The minimum Gasteiger partial charge on any atom is -0.284 e. The van der Waals surface area contributed by atoms with Crippen LogP contribution in [0, 0.1) is 6.92 Å². The van der Waals surface area contributed by atoms with Crippen LogP contribution in [0.2, 0.25) is 0 Å². The van der Waals surface area contributed by atoms with E-state index in [1.54, 1.807) is 5.51 Å². The van der Waals surface area contributed by atoms with Crippen molar-refractivity contribution < 1.29 is 8.42 Å². The Morgan fingerprint density at radius 2 is 2.38 bits per heavy atom. The Morgan fingerprint density at radius 3 is 2.94 bits per heavy atom. The van der Waals surface area contributed by atoms with Gasteiger partial charge < -0.3 is 0 Å². The van der Waals surface area contributed by atoms with Gasteiger partial charge >= 0.3 is 0 Å². The minimum atomic E-state index is -3.47. The van der Waals surface area contributed by atoms with Gasteiger partial charge in [-0.3, -0.25) is 5.10 Å². The number of hydrogen-bond acceptors (Lipinski definition) is 5. The van der Waals surface area contributed by atoms with E-state index in [-0.39, 0.29) is 11.4 Å². The molecule has 2 rings (SSSR count). The van der Waals surface area contributed by atoms with Crippen molar-refractivity contribution in [1.82, 2.24) is 19.9 Å². The smallest absolute Gasteiger partial charge is 0.244 e. The number of rotatable bonds is 4. The Balaban J connectivity index is 2.09. The molecule has 0 bridgehead atoms. The highest BCUT2D eigenvalue weighted by Crippen LogP contribution is 2.13. The number of aromatic amines is 1. The third-order valence-corrected chi connectivity index (χ3v) is 4.35. The van der Waals surface area contributed by atoms with Crippen LogP contribution in [0.25, 0.3) is 0 Å². The third kappa shape index (κ3) is 2.29. The first-order chi connectivity index (χ1) is 7.59. The molecule has 86 valence electrons. The van der Waals surface area contributed by atoms with E-state index in [2.05, 4.69) is 19.9 Å². The fourth-order valence-corrected chi connectivity index (χ4v) is 2.83. The molecule has 0 spiro atoms. The van der Waals surface area contributed by atoms with Crippen LogP contribution in [0.1, 0.15) is 10.6 Å². The molecule has 0 radical (unpaired) electrons. The van der Waals surface area contributed by atoms with E-state index in [1.165, 1.54) is 23.7 Å². The molecular weight excluding hydrogens is 248 g/mol. The highest BCUT2D eigenvalue weighted by atomic mass is 32.2. The molecule has 0 aliphatic carbocycles. The third-order valence-electron chi connectivity index (χ3n) is 2.05. The standard InChI is InChI=1S/C8H10N4O2S2/c1-6-8(15-5-9-6)4-12-16(13,14)7-2-10-11-3-7/h2-3,5,12H,4H2,1H3,(H,10,11). The zero-order valence-electron chi connectivity index (χ0n) is 8.47. The van der Waals surface area contributed by atoms with E-state index in [9.17, 15) is 8.42 Å². The Bertz CT molecular complexity index is 559. The van der Waals surface area contributed by atoms with Gasteiger partial charge in [0.15, 0.2) is 0 Å². The zero-order valence-corrected chi connectivity index (χ0v) is 10.1. The number of aromatic nitrogens is 3. The molecule has 6 nitrogen and oxygen atoms in total. The van der Waals surface area contributed by atoms with E-state index in [1.807, 2.05) is 6.92 Å². The molecular formula is C8H10N4O2S2. The molecule has 0 saturated heterocycles. The van der Waals surface area contributed by atoms with Crippen LogP contribution in [-0.2, 0) is 16.6 Å². The number of nitrogens with one attached hydrogen (secondary N) is 2. The Kier molecular flexibility index (Phi) is 3.03. The first-order valence-electron chi connectivity index (χ1n) is 4.47. The van der Waals surface area contributed by atoms with E-state index < -0.39 is 10.0 Å². The van der Waals surface area contributed by atoms with Crippen molar-refractivity contribution in [1.29, 1.82) is 0 Å². The Morgan fingerprint density at radius 1 is 1.56 bits per heavy atom. The summed E-state index contributed by atoms with van der Waals surface area (Å²) < 4.78 is 25.9. The number of hydrogen-bond donors (Lipinski definition) is 2. The first-order valence-corrected chi connectivity index (χ1v) is 6.83. The van der Waals surface area contributed by atoms with Gasteiger partial charge in [0.25, 0.3) is 0 Å². The lowest BCUT2D eigenvalue weighted by Gasteiger charge is -2.02. The lowest BCUT2D eigenvalue weighted by atomic mass is 10.4.